The molecule has 3 rings (SSSR count). The fourth-order valence-corrected chi connectivity index (χ4v) is 2.33. The highest BCUT2D eigenvalue weighted by molar-refractivity contribution is 5.71. The van der Waals surface area contributed by atoms with Crippen molar-refractivity contribution < 1.29 is 22.6 Å². The van der Waals surface area contributed by atoms with Gasteiger partial charge >= 0.3 is 12.2 Å². The monoisotopic (exact) mass is 460 g/mol. The molecule has 33 heavy (non-hydrogen) atoms. The van der Waals surface area contributed by atoms with Crippen LogP contribution in [0, 0.1) is 0 Å². The molecule has 0 fully saturated rings. The molecule has 0 aliphatic rings. The molecule has 0 bridgehead atoms. The molecule has 0 saturated carbocycles. The number of alkyl halides is 3. The van der Waals surface area contributed by atoms with Gasteiger partial charge in [0, 0.05) is 23.5 Å². The van der Waals surface area contributed by atoms with Gasteiger partial charge in [-0.25, -0.2) is 4.98 Å². The van der Waals surface area contributed by atoms with Crippen LogP contribution in [0.2, 0.25) is 0 Å². The summed E-state index contributed by atoms with van der Waals surface area (Å²) in [4.78, 5) is 12.1. The Morgan fingerprint density at radius 2 is 1.97 bits per heavy atom. The third kappa shape index (κ3) is 7.49. The first-order chi connectivity index (χ1) is 15.9. The lowest BCUT2D eigenvalue weighted by molar-refractivity contribution is -0.137. The molecular weight excluding hydrogens is 437 g/mol. The number of halogens is 3. The van der Waals surface area contributed by atoms with E-state index in [2.05, 4.69) is 37.0 Å². The van der Waals surface area contributed by atoms with Gasteiger partial charge in [-0.1, -0.05) is 32.6 Å². The molecular formula is C22H23F3N6O2. The van der Waals surface area contributed by atoms with E-state index < -0.39 is 11.7 Å². The molecule has 2 heterocycles. The van der Waals surface area contributed by atoms with E-state index in [0.717, 1.165) is 12.1 Å². The van der Waals surface area contributed by atoms with Gasteiger partial charge in [-0.3, -0.25) is 5.10 Å². The number of hydrogen-bond donors (Lipinski definition) is 2. The number of rotatable bonds is 8. The van der Waals surface area contributed by atoms with Crippen molar-refractivity contribution in [1.82, 2.24) is 25.1 Å². The van der Waals surface area contributed by atoms with Crippen LogP contribution in [-0.2, 0) is 6.18 Å². The highest BCUT2D eigenvalue weighted by Crippen LogP contribution is 2.31. The van der Waals surface area contributed by atoms with Gasteiger partial charge in [-0.05, 0) is 30.4 Å². The Balaban J connectivity index is 0.00000187. The van der Waals surface area contributed by atoms with Crippen LogP contribution in [0.4, 0.5) is 24.8 Å². The summed E-state index contributed by atoms with van der Waals surface area (Å²) in [6.07, 6.45) is 3.23. The van der Waals surface area contributed by atoms with Gasteiger partial charge in [0.15, 0.2) is 5.82 Å². The van der Waals surface area contributed by atoms with E-state index in [0.29, 0.717) is 17.3 Å². The Hall–Kier alpha value is -4.15. The van der Waals surface area contributed by atoms with E-state index >= 15 is 0 Å². The standard InChI is InChI=1S/C20H17F3N6O2.C2H6/c1-3-13(6-5-11-31-16-9-10-24-19(26-16)30-2)17-27-18(29-28-17)25-15-8-4-7-14(12-15)20(21,22)23;1-2/h3-12H,1H2,2H3,(H2,25,27,28,29);1-2H3/b11-5+,13-6+;. The Labute approximate surface area is 188 Å². The van der Waals surface area contributed by atoms with Crippen LogP contribution in [-0.4, -0.2) is 32.3 Å². The van der Waals surface area contributed by atoms with Crippen LogP contribution in [0.1, 0.15) is 25.2 Å². The van der Waals surface area contributed by atoms with Crippen molar-refractivity contribution >= 4 is 17.2 Å². The summed E-state index contributed by atoms with van der Waals surface area (Å²) in [5, 5.41) is 9.39. The maximum Gasteiger partial charge on any atom is 0.416 e. The predicted molar refractivity (Wildman–Crippen MR) is 119 cm³/mol. The molecule has 8 nitrogen and oxygen atoms in total. The van der Waals surface area contributed by atoms with Crippen molar-refractivity contribution in [2.45, 2.75) is 20.0 Å². The molecule has 0 amide bonds. The summed E-state index contributed by atoms with van der Waals surface area (Å²) in [7, 11) is 1.45. The smallest absolute Gasteiger partial charge is 0.416 e. The maximum absolute atomic E-state index is 12.8. The van der Waals surface area contributed by atoms with Crippen LogP contribution < -0.4 is 14.8 Å². The molecule has 3 aromatic rings. The van der Waals surface area contributed by atoms with Crippen molar-refractivity contribution in [2.75, 3.05) is 12.4 Å². The number of anilines is 2. The van der Waals surface area contributed by atoms with Crippen molar-refractivity contribution in [1.29, 1.82) is 0 Å². The largest absolute Gasteiger partial charge is 0.467 e. The third-order valence-corrected chi connectivity index (χ3v) is 3.76. The van der Waals surface area contributed by atoms with Crippen molar-refractivity contribution in [3.8, 4) is 11.9 Å². The number of methoxy groups -OCH3 is 1. The van der Waals surface area contributed by atoms with E-state index in [9.17, 15) is 13.2 Å². The van der Waals surface area contributed by atoms with E-state index in [4.69, 9.17) is 9.47 Å². The van der Waals surface area contributed by atoms with Gasteiger partial charge in [-0.15, -0.1) is 5.10 Å². The highest BCUT2D eigenvalue weighted by atomic mass is 19.4. The first-order valence-electron chi connectivity index (χ1n) is 9.79. The molecule has 1 aromatic carbocycles. The minimum atomic E-state index is -4.44. The number of ether oxygens (including phenoxy) is 2. The Bertz CT molecular complexity index is 1110. The molecule has 0 unspecified atom stereocenters. The third-order valence-electron chi connectivity index (χ3n) is 3.76. The summed E-state index contributed by atoms with van der Waals surface area (Å²) in [5.74, 6) is 0.761. The van der Waals surface area contributed by atoms with Gasteiger partial charge in [-0.2, -0.15) is 23.1 Å². The molecule has 11 heteroatoms. The summed E-state index contributed by atoms with van der Waals surface area (Å²) in [6, 6.07) is 6.48. The first-order valence-corrected chi connectivity index (χ1v) is 9.79. The number of aromatic amines is 1. The highest BCUT2D eigenvalue weighted by Gasteiger charge is 2.30. The van der Waals surface area contributed by atoms with Crippen LogP contribution in [0.5, 0.6) is 11.9 Å². The SMILES string of the molecule is C=C/C(=C\C=C\Oc1ccnc(OC)n1)c1nc(Nc2cccc(C(F)(F)F)c2)n[nH]1.CC. The van der Waals surface area contributed by atoms with E-state index in [-0.39, 0.29) is 17.6 Å². The summed E-state index contributed by atoms with van der Waals surface area (Å²) in [5.41, 5.74) is 0.00849. The number of benzene rings is 1. The molecule has 0 aliphatic carbocycles. The molecule has 174 valence electrons. The van der Waals surface area contributed by atoms with Gasteiger partial charge < -0.3 is 14.8 Å². The van der Waals surface area contributed by atoms with Crippen LogP contribution >= 0.6 is 0 Å². The number of H-pyrrole nitrogens is 1. The minimum absolute atomic E-state index is 0.107. The summed E-state index contributed by atoms with van der Waals surface area (Å²) < 4.78 is 48.8. The zero-order valence-electron chi connectivity index (χ0n) is 18.2. The Kier molecular flexibility index (Phi) is 9.16. The van der Waals surface area contributed by atoms with E-state index in [1.165, 1.54) is 37.8 Å². The number of aromatic nitrogens is 5. The number of allylic oxidation sites excluding steroid dienone is 4. The number of nitrogens with one attached hydrogen (secondary N) is 2. The van der Waals surface area contributed by atoms with Crippen molar-refractivity contribution in [2.24, 2.45) is 0 Å². The quantitative estimate of drug-likeness (QED) is 0.336. The molecule has 0 radical (unpaired) electrons. The average molecular weight is 460 g/mol. The second-order valence-corrected chi connectivity index (χ2v) is 5.87. The fraction of sp³-hybridized carbons (Fsp3) is 0.182. The van der Waals surface area contributed by atoms with E-state index in [1.807, 2.05) is 13.8 Å². The molecule has 0 saturated heterocycles. The molecule has 2 N–H and O–H groups in total. The van der Waals surface area contributed by atoms with Gasteiger partial charge in [0.2, 0.25) is 11.8 Å². The second-order valence-electron chi connectivity index (χ2n) is 5.87. The second kappa shape index (κ2) is 12.0. The zero-order chi connectivity index (χ0) is 24.3. The van der Waals surface area contributed by atoms with Gasteiger partial charge in [0.25, 0.3) is 0 Å². The minimum Gasteiger partial charge on any atom is -0.467 e. The number of hydrogen-bond acceptors (Lipinski definition) is 7. The lowest BCUT2D eigenvalue weighted by Gasteiger charge is -2.08. The molecule has 0 spiro atoms. The first kappa shape index (κ1) is 25.1. The molecule has 0 atom stereocenters. The maximum atomic E-state index is 12.8. The summed E-state index contributed by atoms with van der Waals surface area (Å²) in [6.45, 7) is 7.72. The van der Waals surface area contributed by atoms with Gasteiger partial charge in [0.1, 0.15) is 0 Å². The Morgan fingerprint density at radius 1 is 1.18 bits per heavy atom. The molecule has 0 aliphatic heterocycles. The summed E-state index contributed by atoms with van der Waals surface area (Å²) >= 11 is 0. The van der Waals surface area contributed by atoms with E-state index in [1.54, 1.807) is 18.2 Å². The topological polar surface area (TPSA) is 97.8 Å². The molecule has 2 aromatic heterocycles. The van der Waals surface area contributed by atoms with Gasteiger partial charge in [0.05, 0.1) is 18.9 Å². The fourth-order valence-electron chi connectivity index (χ4n) is 2.33. The van der Waals surface area contributed by atoms with Crippen LogP contribution in [0.25, 0.3) is 5.57 Å². The predicted octanol–water partition coefficient (Wildman–Crippen LogP) is 5.55. The van der Waals surface area contributed by atoms with Crippen molar-refractivity contribution in [3.05, 3.63) is 79.0 Å². The van der Waals surface area contributed by atoms with Crippen LogP contribution in [0.15, 0.2) is 67.6 Å². The normalized spacial score (nSPS) is 11.5. The Morgan fingerprint density at radius 3 is 2.67 bits per heavy atom. The lowest BCUT2D eigenvalue weighted by atomic mass is 10.2. The van der Waals surface area contributed by atoms with Crippen molar-refractivity contribution in [3.63, 3.8) is 0 Å². The van der Waals surface area contributed by atoms with Crippen LogP contribution in [0.3, 0.4) is 0 Å². The number of nitrogens with zero attached hydrogens (tertiary/aromatic N) is 4. The lowest BCUT2D eigenvalue weighted by Crippen LogP contribution is -2.05. The average Bonchev–Trinajstić information content (AvgIpc) is 3.28. The zero-order valence-corrected chi connectivity index (χ0v) is 18.2.